The van der Waals surface area contributed by atoms with Gasteiger partial charge in [0, 0.05) is 13.3 Å². The number of nitrogens with one attached hydrogen (secondary N) is 1. The van der Waals surface area contributed by atoms with Crippen LogP contribution >= 0.6 is 0 Å². The molecule has 0 unspecified atom stereocenters. The number of aromatic nitrogens is 5. The van der Waals surface area contributed by atoms with Gasteiger partial charge in [-0.1, -0.05) is 5.16 Å². The molecule has 0 spiro atoms. The first-order valence-electron chi connectivity index (χ1n) is 5.79. The van der Waals surface area contributed by atoms with Crippen LogP contribution in [-0.2, 0) is 10.3 Å². The zero-order valence-electron chi connectivity index (χ0n) is 10.8. The predicted molar refractivity (Wildman–Crippen MR) is 67.2 cm³/mol. The highest BCUT2D eigenvalue weighted by molar-refractivity contribution is 5.77. The summed E-state index contributed by atoms with van der Waals surface area (Å²) in [5.41, 5.74) is 1.76. The highest BCUT2D eigenvalue weighted by Gasteiger charge is 2.26. The second-order valence-corrected chi connectivity index (χ2v) is 4.66. The van der Waals surface area contributed by atoms with Gasteiger partial charge in [-0.3, -0.25) is 10.1 Å². The molecular weight excluding hydrogens is 246 g/mol. The Labute approximate surface area is 109 Å². The van der Waals surface area contributed by atoms with Gasteiger partial charge in [-0.25, -0.2) is 0 Å². The minimum atomic E-state index is -0.590. The summed E-state index contributed by atoms with van der Waals surface area (Å²) >= 11 is 0. The molecule has 0 aromatic carbocycles. The van der Waals surface area contributed by atoms with Gasteiger partial charge < -0.3 is 9.26 Å². The maximum absolute atomic E-state index is 5.31. The van der Waals surface area contributed by atoms with Gasteiger partial charge in [-0.15, -0.1) is 0 Å². The molecule has 0 aliphatic carbocycles. The van der Waals surface area contributed by atoms with Crippen molar-refractivity contribution in [2.24, 2.45) is 0 Å². The first-order chi connectivity index (χ1) is 9.10. The van der Waals surface area contributed by atoms with Crippen molar-refractivity contribution in [1.29, 1.82) is 0 Å². The summed E-state index contributed by atoms with van der Waals surface area (Å²) in [6.07, 6.45) is 3.33. The van der Waals surface area contributed by atoms with E-state index in [0.717, 1.165) is 16.6 Å². The molecule has 7 heteroatoms. The molecule has 0 amide bonds. The van der Waals surface area contributed by atoms with Crippen molar-refractivity contribution in [2.75, 3.05) is 7.11 Å². The molecule has 19 heavy (non-hydrogen) atoms. The van der Waals surface area contributed by atoms with E-state index in [0.29, 0.717) is 11.7 Å². The number of nitrogens with zero attached hydrogens (tertiary/aromatic N) is 4. The van der Waals surface area contributed by atoms with Crippen LogP contribution in [0.1, 0.15) is 19.7 Å². The lowest BCUT2D eigenvalue weighted by atomic mass is 10.1. The minimum Gasteiger partial charge on any atom is -0.371 e. The molecule has 3 aromatic heterocycles. The third-order valence-corrected chi connectivity index (χ3v) is 3.01. The number of H-pyrrole nitrogens is 1. The van der Waals surface area contributed by atoms with E-state index in [1.807, 2.05) is 19.9 Å². The van der Waals surface area contributed by atoms with E-state index in [-0.39, 0.29) is 0 Å². The summed E-state index contributed by atoms with van der Waals surface area (Å²) in [4.78, 5) is 8.59. The molecule has 7 nitrogen and oxygen atoms in total. The average Bonchev–Trinajstić information content (AvgIpc) is 3.06. The lowest BCUT2D eigenvalue weighted by molar-refractivity contribution is 0.00973. The highest BCUT2D eigenvalue weighted by atomic mass is 16.5. The van der Waals surface area contributed by atoms with Crippen LogP contribution in [0, 0.1) is 0 Å². The zero-order valence-corrected chi connectivity index (χ0v) is 10.8. The summed E-state index contributed by atoms with van der Waals surface area (Å²) < 4.78 is 10.6. The summed E-state index contributed by atoms with van der Waals surface area (Å²) in [7, 11) is 1.61. The number of fused-ring (bicyclic) bond motifs is 1. The van der Waals surface area contributed by atoms with E-state index in [2.05, 4.69) is 25.3 Å². The molecule has 3 aromatic rings. The first kappa shape index (κ1) is 11.8. The molecule has 0 bridgehead atoms. The normalized spacial score (nSPS) is 12.2. The van der Waals surface area contributed by atoms with Crippen LogP contribution in [0.3, 0.4) is 0 Å². The number of hydrogen-bond donors (Lipinski definition) is 1. The summed E-state index contributed by atoms with van der Waals surface area (Å²) in [5.74, 6) is 0.902. The quantitative estimate of drug-likeness (QED) is 0.772. The molecular formula is C12H13N5O2. The Balaban J connectivity index is 2.02. The molecule has 3 heterocycles. The van der Waals surface area contributed by atoms with Crippen molar-refractivity contribution >= 4 is 11.0 Å². The van der Waals surface area contributed by atoms with Crippen LogP contribution in [0.5, 0.6) is 0 Å². The molecule has 98 valence electrons. The van der Waals surface area contributed by atoms with Crippen molar-refractivity contribution in [3.8, 4) is 11.5 Å². The maximum atomic E-state index is 5.31. The van der Waals surface area contributed by atoms with Gasteiger partial charge in [0.15, 0.2) is 0 Å². The number of hydrogen-bond acceptors (Lipinski definition) is 6. The summed E-state index contributed by atoms with van der Waals surface area (Å²) in [5, 5.41) is 10.7. The maximum Gasteiger partial charge on any atom is 0.259 e. The second-order valence-electron chi connectivity index (χ2n) is 4.66. The van der Waals surface area contributed by atoms with Gasteiger partial charge in [0.1, 0.15) is 11.1 Å². The van der Waals surface area contributed by atoms with E-state index in [4.69, 9.17) is 9.26 Å². The monoisotopic (exact) mass is 259 g/mol. The SMILES string of the molecule is COC(C)(C)c1noc(-c2cnc3cn[nH]c3c2)n1. The molecule has 0 atom stereocenters. The Morgan fingerprint density at radius 3 is 2.95 bits per heavy atom. The third kappa shape index (κ3) is 1.97. The molecule has 3 rings (SSSR count). The average molecular weight is 259 g/mol. The Kier molecular flexibility index (Phi) is 2.56. The van der Waals surface area contributed by atoms with Gasteiger partial charge in [-0.2, -0.15) is 10.1 Å². The standard InChI is InChI=1S/C12H13N5O2/c1-12(2,18-3)11-15-10(19-17-11)7-4-8-9(13-5-7)6-14-16-8/h4-6H,1-3H3,(H,14,16). The van der Waals surface area contributed by atoms with Crippen molar-refractivity contribution < 1.29 is 9.26 Å². The van der Waals surface area contributed by atoms with Crippen LogP contribution in [0.15, 0.2) is 23.0 Å². The van der Waals surface area contributed by atoms with E-state index in [1.165, 1.54) is 0 Å². The zero-order chi connectivity index (χ0) is 13.5. The van der Waals surface area contributed by atoms with Gasteiger partial charge in [-0.05, 0) is 19.9 Å². The van der Waals surface area contributed by atoms with Gasteiger partial charge in [0.2, 0.25) is 5.82 Å². The number of ether oxygens (including phenoxy) is 1. The van der Waals surface area contributed by atoms with Gasteiger partial charge in [0.25, 0.3) is 5.89 Å². The summed E-state index contributed by atoms with van der Waals surface area (Å²) in [6, 6.07) is 1.87. The topological polar surface area (TPSA) is 89.7 Å². The Hall–Kier alpha value is -2.28. The lowest BCUT2D eigenvalue weighted by Gasteiger charge is -2.17. The fraction of sp³-hybridized carbons (Fsp3) is 0.333. The molecule has 0 saturated heterocycles. The van der Waals surface area contributed by atoms with Crippen molar-refractivity contribution in [1.82, 2.24) is 25.3 Å². The molecule has 0 radical (unpaired) electrons. The summed E-state index contributed by atoms with van der Waals surface area (Å²) in [6.45, 7) is 3.75. The molecule has 0 fully saturated rings. The lowest BCUT2D eigenvalue weighted by Crippen LogP contribution is -2.21. The largest absolute Gasteiger partial charge is 0.371 e. The van der Waals surface area contributed by atoms with Crippen molar-refractivity contribution in [3.63, 3.8) is 0 Å². The highest BCUT2D eigenvalue weighted by Crippen LogP contribution is 2.25. The molecule has 1 N–H and O–H groups in total. The molecule has 0 saturated carbocycles. The molecule has 0 aliphatic heterocycles. The fourth-order valence-corrected chi connectivity index (χ4v) is 1.62. The predicted octanol–water partition coefficient (Wildman–Crippen LogP) is 1.89. The Morgan fingerprint density at radius 1 is 1.32 bits per heavy atom. The third-order valence-electron chi connectivity index (χ3n) is 3.01. The number of rotatable bonds is 3. The van der Waals surface area contributed by atoms with Crippen LogP contribution in [-0.4, -0.2) is 32.4 Å². The van der Waals surface area contributed by atoms with Crippen LogP contribution in [0.25, 0.3) is 22.5 Å². The number of aromatic amines is 1. The number of methoxy groups -OCH3 is 1. The Morgan fingerprint density at radius 2 is 2.16 bits per heavy atom. The van der Waals surface area contributed by atoms with E-state index in [1.54, 1.807) is 19.5 Å². The van der Waals surface area contributed by atoms with E-state index >= 15 is 0 Å². The van der Waals surface area contributed by atoms with Crippen molar-refractivity contribution in [2.45, 2.75) is 19.4 Å². The van der Waals surface area contributed by atoms with Crippen molar-refractivity contribution in [3.05, 3.63) is 24.3 Å². The smallest absolute Gasteiger partial charge is 0.259 e. The van der Waals surface area contributed by atoms with E-state index < -0.39 is 5.60 Å². The van der Waals surface area contributed by atoms with Crippen LogP contribution in [0.2, 0.25) is 0 Å². The Bertz CT molecular complexity index is 716. The number of pyridine rings is 1. The molecule has 0 aliphatic rings. The second kappa shape index (κ2) is 4.13. The first-order valence-corrected chi connectivity index (χ1v) is 5.79. The fourth-order valence-electron chi connectivity index (χ4n) is 1.62. The van der Waals surface area contributed by atoms with Crippen LogP contribution < -0.4 is 0 Å². The van der Waals surface area contributed by atoms with Gasteiger partial charge >= 0.3 is 0 Å². The van der Waals surface area contributed by atoms with Gasteiger partial charge in [0.05, 0.1) is 17.3 Å². The minimum absolute atomic E-state index is 0.407. The van der Waals surface area contributed by atoms with Crippen LogP contribution in [0.4, 0.5) is 0 Å². The van der Waals surface area contributed by atoms with E-state index in [9.17, 15) is 0 Å².